The number of nitrogens with one attached hydrogen (secondary N) is 1. The van der Waals surface area contributed by atoms with E-state index in [1.165, 1.54) is 0 Å². The molecule has 6 nitrogen and oxygen atoms in total. The number of nitrogen functional groups attached to an aromatic ring is 1. The van der Waals surface area contributed by atoms with Crippen molar-refractivity contribution in [2.75, 3.05) is 12.3 Å². The lowest BCUT2D eigenvalue weighted by atomic mass is 10.2. The van der Waals surface area contributed by atoms with Crippen molar-refractivity contribution in [2.45, 2.75) is 19.4 Å². The molecule has 1 aromatic carbocycles. The third kappa shape index (κ3) is 3.16. The number of aliphatic hydroxyl groups is 1. The number of aliphatic hydroxyl groups excluding tert-OH is 1. The van der Waals surface area contributed by atoms with Crippen LogP contribution in [0.4, 0.5) is 5.69 Å². The third-order valence-electron chi connectivity index (χ3n) is 3.03. The molecule has 0 aliphatic heterocycles. The Kier molecular flexibility index (Phi) is 4.37. The second kappa shape index (κ2) is 6.21. The van der Waals surface area contributed by atoms with Crippen molar-refractivity contribution in [3.63, 3.8) is 0 Å². The van der Waals surface area contributed by atoms with Crippen LogP contribution in [0, 0.1) is 0 Å². The van der Waals surface area contributed by atoms with Gasteiger partial charge in [0.05, 0.1) is 18.3 Å². The fourth-order valence-electron chi connectivity index (χ4n) is 1.75. The molecule has 0 aliphatic rings. The molecule has 1 amide bonds. The number of hydrogen-bond donors (Lipinski definition) is 3. The van der Waals surface area contributed by atoms with Crippen molar-refractivity contribution in [3.8, 4) is 5.69 Å². The zero-order valence-corrected chi connectivity index (χ0v) is 11.3. The highest BCUT2D eigenvalue weighted by atomic mass is 16.3. The second-order valence-electron chi connectivity index (χ2n) is 4.50. The molecule has 106 valence electrons. The van der Waals surface area contributed by atoms with E-state index >= 15 is 0 Å². The predicted octanol–water partition coefficient (Wildman–Crippen LogP) is 0.955. The van der Waals surface area contributed by atoms with Gasteiger partial charge in [0, 0.05) is 11.9 Å². The summed E-state index contributed by atoms with van der Waals surface area (Å²) in [4.78, 5) is 12.0. The normalized spacial score (nSPS) is 12.1. The van der Waals surface area contributed by atoms with Gasteiger partial charge in [0.1, 0.15) is 0 Å². The molecule has 20 heavy (non-hydrogen) atoms. The Balaban J connectivity index is 2.12. The highest BCUT2D eigenvalue weighted by molar-refractivity contribution is 5.92. The number of carbonyl (C=O) groups is 1. The molecule has 1 heterocycles. The Morgan fingerprint density at radius 2 is 2.10 bits per heavy atom. The number of benzene rings is 1. The molecule has 0 bridgehead atoms. The molecule has 2 rings (SSSR count). The lowest BCUT2D eigenvalue weighted by molar-refractivity contribution is 0.0909. The van der Waals surface area contributed by atoms with Gasteiger partial charge in [-0.2, -0.15) is 5.10 Å². The van der Waals surface area contributed by atoms with Gasteiger partial charge >= 0.3 is 0 Å². The second-order valence-corrected chi connectivity index (χ2v) is 4.50. The summed E-state index contributed by atoms with van der Waals surface area (Å²) in [6.07, 6.45) is 2.38. The molecule has 2 aromatic rings. The monoisotopic (exact) mass is 274 g/mol. The topological polar surface area (TPSA) is 93.2 Å². The number of amides is 1. The number of hydrogen-bond acceptors (Lipinski definition) is 4. The number of rotatable bonds is 5. The molecule has 0 aliphatic carbocycles. The van der Waals surface area contributed by atoms with Crippen LogP contribution in [0.5, 0.6) is 0 Å². The van der Waals surface area contributed by atoms with Crippen LogP contribution >= 0.6 is 0 Å². The SMILES string of the molecule is CC[C@@H](CO)NC(=O)c1ccn(-c2ccc(N)cc2)n1. The van der Waals surface area contributed by atoms with Gasteiger partial charge in [-0.05, 0) is 36.8 Å². The zero-order valence-electron chi connectivity index (χ0n) is 11.3. The van der Waals surface area contributed by atoms with Crippen LogP contribution in [0.1, 0.15) is 23.8 Å². The minimum atomic E-state index is -0.292. The van der Waals surface area contributed by atoms with Crippen LogP contribution in [0.3, 0.4) is 0 Å². The lowest BCUT2D eigenvalue weighted by Crippen LogP contribution is -2.37. The van der Waals surface area contributed by atoms with E-state index in [9.17, 15) is 4.79 Å². The summed E-state index contributed by atoms with van der Waals surface area (Å²) < 4.78 is 1.61. The summed E-state index contributed by atoms with van der Waals surface area (Å²) in [5.74, 6) is -0.292. The van der Waals surface area contributed by atoms with Crippen LogP contribution in [-0.2, 0) is 0 Å². The minimum Gasteiger partial charge on any atom is -0.399 e. The average molecular weight is 274 g/mol. The summed E-state index contributed by atoms with van der Waals surface area (Å²) in [5, 5.41) is 16.0. The highest BCUT2D eigenvalue weighted by Crippen LogP contribution is 2.10. The van der Waals surface area contributed by atoms with Crippen LogP contribution in [0.2, 0.25) is 0 Å². The zero-order chi connectivity index (χ0) is 14.5. The largest absolute Gasteiger partial charge is 0.399 e. The molecule has 0 saturated heterocycles. The van der Waals surface area contributed by atoms with E-state index in [-0.39, 0.29) is 18.6 Å². The first kappa shape index (κ1) is 14.1. The molecule has 1 atom stereocenters. The van der Waals surface area contributed by atoms with E-state index in [2.05, 4.69) is 10.4 Å². The van der Waals surface area contributed by atoms with Crippen molar-refractivity contribution >= 4 is 11.6 Å². The molecule has 0 radical (unpaired) electrons. The van der Waals surface area contributed by atoms with Gasteiger partial charge in [0.2, 0.25) is 0 Å². The number of nitrogens with two attached hydrogens (primary N) is 1. The molecule has 0 saturated carbocycles. The van der Waals surface area contributed by atoms with Gasteiger partial charge < -0.3 is 16.2 Å². The van der Waals surface area contributed by atoms with Crippen molar-refractivity contribution < 1.29 is 9.90 Å². The first-order valence-corrected chi connectivity index (χ1v) is 6.47. The molecule has 6 heteroatoms. The Morgan fingerprint density at radius 1 is 1.40 bits per heavy atom. The van der Waals surface area contributed by atoms with Crippen LogP contribution in [0.25, 0.3) is 5.69 Å². The maximum Gasteiger partial charge on any atom is 0.272 e. The number of anilines is 1. The first-order chi connectivity index (χ1) is 9.63. The van der Waals surface area contributed by atoms with Crippen molar-refractivity contribution in [2.24, 2.45) is 0 Å². The van der Waals surface area contributed by atoms with Crippen molar-refractivity contribution in [1.29, 1.82) is 0 Å². The lowest BCUT2D eigenvalue weighted by Gasteiger charge is -2.12. The average Bonchev–Trinajstić information content (AvgIpc) is 2.95. The van der Waals surface area contributed by atoms with Crippen LogP contribution < -0.4 is 11.1 Å². The van der Waals surface area contributed by atoms with Crippen molar-refractivity contribution in [3.05, 3.63) is 42.2 Å². The maximum absolute atomic E-state index is 12.0. The first-order valence-electron chi connectivity index (χ1n) is 6.47. The Hall–Kier alpha value is -2.34. The van der Waals surface area contributed by atoms with Gasteiger partial charge in [0.25, 0.3) is 5.91 Å². The molecule has 0 spiro atoms. The van der Waals surface area contributed by atoms with Gasteiger partial charge in [-0.25, -0.2) is 4.68 Å². The Bertz CT molecular complexity index is 573. The molecular weight excluding hydrogens is 256 g/mol. The summed E-state index contributed by atoms with van der Waals surface area (Å²) in [7, 11) is 0. The van der Waals surface area contributed by atoms with Crippen LogP contribution in [0.15, 0.2) is 36.5 Å². The van der Waals surface area contributed by atoms with Crippen molar-refractivity contribution in [1.82, 2.24) is 15.1 Å². The summed E-state index contributed by atoms with van der Waals surface area (Å²) >= 11 is 0. The molecular formula is C14H18N4O2. The van der Waals surface area contributed by atoms with Gasteiger partial charge in [-0.3, -0.25) is 4.79 Å². The smallest absolute Gasteiger partial charge is 0.272 e. The van der Waals surface area contributed by atoms with Crippen LogP contribution in [-0.4, -0.2) is 33.4 Å². The van der Waals surface area contributed by atoms with E-state index < -0.39 is 0 Å². The van der Waals surface area contributed by atoms with E-state index in [4.69, 9.17) is 10.8 Å². The number of carbonyl (C=O) groups excluding carboxylic acids is 1. The Morgan fingerprint density at radius 3 is 2.70 bits per heavy atom. The molecule has 4 N–H and O–H groups in total. The third-order valence-corrected chi connectivity index (χ3v) is 3.03. The minimum absolute atomic E-state index is 0.0824. The number of nitrogens with zero attached hydrogens (tertiary/aromatic N) is 2. The summed E-state index contributed by atoms with van der Waals surface area (Å²) in [6.45, 7) is 1.81. The van der Waals surface area contributed by atoms with Gasteiger partial charge in [-0.15, -0.1) is 0 Å². The molecule has 0 unspecified atom stereocenters. The van der Waals surface area contributed by atoms with Gasteiger partial charge in [0.15, 0.2) is 5.69 Å². The highest BCUT2D eigenvalue weighted by Gasteiger charge is 2.14. The quantitative estimate of drug-likeness (QED) is 0.708. The standard InChI is InChI=1S/C14H18N4O2/c1-2-11(9-19)16-14(20)13-7-8-18(17-13)12-5-3-10(15)4-6-12/h3-8,11,19H,2,9,15H2,1H3,(H,16,20)/t11-/m0/s1. The molecule has 1 aromatic heterocycles. The van der Waals surface area contributed by atoms with Gasteiger partial charge in [-0.1, -0.05) is 6.92 Å². The molecule has 0 fully saturated rings. The van der Waals surface area contributed by atoms with E-state index in [0.29, 0.717) is 17.8 Å². The van der Waals surface area contributed by atoms with E-state index in [1.807, 2.05) is 19.1 Å². The Labute approximate surface area is 117 Å². The summed E-state index contributed by atoms with van der Waals surface area (Å²) in [6, 6.07) is 8.59. The fraction of sp³-hybridized carbons (Fsp3) is 0.286. The maximum atomic E-state index is 12.0. The predicted molar refractivity (Wildman–Crippen MR) is 76.6 cm³/mol. The summed E-state index contributed by atoms with van der Waals surface area (Å²) in [5.41, 5.74) is 7.44. The fourth-order valence-corrected chi connectivity index (χ4v) is 1.75. The van der Waals surface area contributed by atoms with E-state index in [1.54, 1.807) is 29.1 Å². The van der Waals surface area contributed by atoms with E-state index in [0.717, 1.165) is 5.69 Å². The number of aromatic nitrogens is 2.